The van der Waals surface area contributed by atoms with Crippen LogP contribution < -0.4 is 5.73 Å². The Morgan fingerprint density at radius 3 is 2.29 bits per heavy atom. The van der Waals surface area contributed by atoms with E-state index in [2.05, 4.69) is 28.1 Å². The SMILES string of the molecule is Cn1cc(N)c(-c2ccc(Br)cc2)c1. The topological polar surface area (TPSA) is 30.9 Å². The lowest BCUT2D eigenvalue weighted by Crippen LogP contribution is -1.84. The van der Waals surface area contributed by atoms with Gasteiger partial charge in [-0.2, -0.15) is 0 Å². The van der Waals surface area contributed by atoms with Gasteiger partial charge in [0.25, 0.3) is 0 Å². The highest BCUT2D eigenvalue weighted by Crippen LogP contribution is 2.27. The summed E-state index contributed by atoms with van der Waals surface area (Å²) in [7, 11) is 1.97. The monoisotopic (exact) mass is 250 g/mol. The van der Waals surface area contributed by atoms with Crippen LogP contribution in [0.1, 0.15) is 0 Å². The molecule has 0 fully saturated rings. The molecule has 0 bridgehead atoms. The standard InChI is InChI=1S/C11H11BrN2/c1-14-6-10(11(13)7-14)8-2-4-9(12)5-3-8/h2-7H,13H2,1H3. The highest BCUT2D eigenvalue weighted by molar-refractivity contribution is 9.10. The molecule has 2 nitrogen and oxygen atoms in total. The lowest BCUT2D eigenvalue weighted by molar-refractivity contribution is 0.929. The van der Waals surface area contributed by atoms with Crippen molar-refractivity contribution in [3.8, 4) is 11.1 Å². The number of hydrogen-bond donors (Lipinski definition) is 1. The van der Waals surface area contributed by atoms with Gasteiger partial charge in [-0.3, -0.25) is 0 Å². The minimum Gasteiger partial charge on any atom is -0.397 e. The number of hydrogen-bond acceptors (Lipinski definition) is 1. The van der Waals surface area contributed by atoms with Crippen molar-refractivity contribution < 1.29 is 0 Å². The summed E-state index contributed by atoms with van der Waals surface area (Å²) in [6.07, 6.45) is 3.94. The minimum atomic E-state index is 0.815. The fourth-order valence-electron chi connectivity index (χ4n) is 1.48. The summed E-state index contributed by atoms with van der Waals surface area (Å²) in [5.74, 6) is 0. The second-order valence-electron chi connectivity index (χ2n) is 3.30. The van der Waals surface area contributed by atoms with Crippen molar-refractivity contribution in [1.29, 1.82) is 0 Å². The fourth-order valence-corrected chi connectivity index (χ4v) is 1.74. The first-order chi connectivity index (χ1) is 6.66. The molecule has 72 valence electrons. The molecular weight excluding hydrogens is 240 g/mol. The number of halogens is 1. The van der Waals surface area contributed by atoms with E-state index in [1.165, 1.54) is 0 Å². The Kier molecular flexibility index (Phi) is 2.33. The van der Waals surface area contributed by atoms with E-state index in [0.717, 1.165) is 21.3 Å². The van der Waals surface area contributed by atoms with Gasteiger partial charge in [0, 0.05) is 29.5 Å². The van der Waals surface area contributed by atoms with Gasteiger partial charge in [0.1, 0.15) is 0 Å². The van der Waals surface area contributed by atoms with Crippen LogP contribution in [-0.4, -0.2) is 4.57 Å². The zero-order valence-electron chi connectivity index (χ0n) is 7.87. The zero-order valence-corrected chi connectivity index (χ0v) is 9.45. The molecule has 0 aliphatic rings. The van der Waals surface area contributed by atoms with Gasteiger partial charge in [0.15, 0.2) is 0 Å². The van der Waals surface area contributed by atoms with Crippen LogP contribution in [0.5, 0.6) is 0 Å². The van der Waals surface area contributed by atoms with Gasteiger partial charge in [-0.05, 0) is 17.7 Å². The van der Waals surface area contributed by atoms with Gasteiger partial charge in [0.05, 0.1) is 5.69 Å². The van der Waals surface area contributed by atoms with E-state index in [9.17, 15) is 0 Å². The third kappa shape index (κ3) is 1.68. The van der Waals surface area contributed by atoms with Crippen molar-refractivity contribution in [2.45, 2.75) is 0 Å². The first kappa shape index (κ1) is 9.34. The molecule has 0 saturated carbocycles. The predicted molar refractivity (Wildman–Crippen MR) is 63.0 cm³/mol. The minimum absolute atomic E-state index is 0.815. The Morgan fingerprint density at radius 1 is 1.14 bits per heavy atom. The summed E-state index contributed by atoms with van der Waals surface area (Å²) in [6.45, 7) is 0. The number of anilines is 1. The number of aryl methyl sites for hydroxylation is 1. The van der Waals surface area contributed by atoms with Crippen molar-refractivity contribution in [1.82, 2.24) is 4.57 Å². The normalized spacial score (nSPS) is 10.4. The molecule has 1 aromatic heterocycles. The number of nitrogens with zero attached hydrogens (tertiary/aromatic N) is 1. The number of nitrogens with two attached hydrogens (primary N) is 1. The Labute approximate surface area is 91.5 Å². The quantitative estimate of drug-likeness (QED) is 0.829. The van der Waals surface area contributed by atoms with E-state index in [1.54, 1.807) is 0 Å². The molecule has 0 aliphatic heterocycles. The number of aromatic nitrogens is 1. The third-order valence-electron chi connectivity index (χ3n) is 2.14. The summed E-state index contributed by atoms with van der Waals surface area (Å²) in [4.78, 5) is 0. The number of rotatable bonds is 1. The summed E-state index contributed by atoms with van der Waals surface area (Å²) >= 11 is 3.41. The van der Waals surface area contributed by atoms with E-state index in [-0.39, 0.29) is 0 Å². The lowest BCUT2D eigenvalue weighted by Gasteiger charge is -1.99. The van der Waals surface area contributed by atoms with Crippen molar-refractivity contribution in [2.75, 3.05) is 5.73 Å². The highest BCUT2D eigenvalue weighted by Gasteiger charge is 2.03. The van der Waals surface area contributed by atoms with Gasteiger partial charge in [-0.15, -0.1) is 0 Å². The van der Waals surface area contributed by atoms with E-state index in [0.29, 0.717) is 0 Å². The smallest absolute Gasteiger partial charge is 0.0573 e. The second kappa shape index (κ2) is 3.50. The lowest BCUT2D eigenvalue weighted by atomic mass is 10.1. The maximum atomic E-state index is 5.88. The molecule has 0 spiro atoms. The van der Waals surface area contributed by atoms with Gasteiger partial charge < -0.3 is 10.3 Å². The molecule has 1 heterocycles. The molecule has 0 radical (unpaired) electrons. The molecule has 3 heteroatoms. The first-order valence-corrected chi connectivity index (χ1v) is 5.13. The second-order valence-corrected chi connectivity index (χ2v) is 4.22. The van der Waals surface area contributed by atoms with Crippen molar-refractivity contribution in [3.63, 3.8) is 0 Å². The Hall–Kier alpha value is -1.22. The van der Waals surface area contributed by atoms with Crippen LogP contribution in [0.4, 0.5) is 5.69 Å². The summed E-state index contributed by atoms with van der Waals surface area (Å²) in [5, 5.41) is 0. The molecule has 0 amide bonds. The van der Waals surface area contributed by atoms with Crippen LogP contribution in [0, 0.1) is 0 Å². The van der Waals surface area contributed by atoms with Crippen LogP contribution >= 0.6 is 15.9 Å². The molecule has 2 rings (SSSR count). The maximum absolute atomic E-state index is 5.88. The predicted octanol–water partition coefficient (Wildman–Crippen LogP) is 3.04. The van der Waals surface area contributed by atoms with E-state index < -0.39 is 0 Å². The van der Waals surface area contributed by atoms with Crippen molar-refractivity contribution >= 4 is 21.6 Å². The van der Waals surface area contributed by atoms with E-state index in [4.69, 9.17) is 5.73 Å². The highest BCUT2D eigenvalue weighted by atomic mass is 79.9. The fraction of sp³-hybridized carbons (Fsp3) is 0.0909. The molecule has 1 aromatic carbocycles. The molecule has 0 aliphatic carbocycles. The number of benzene rings is 1. The first-order valence-electron chi connectivity index (χ1n) is 4.34. The summed E-state index contributed by atoms with van der Waals surface area (Å²) < 4.78 is 3.04. The molecule has 0 atom stereocenters. The summed E-state index contributed by atoms with van der Waals surface area (Å²) in [5.41, 5.74) is 8.92. The van der Waals surface area contributed by atoms with Gasteiger partial charge >= 0.3 is 0 Å². The molecular formula is C11H11BrN2. The Bertz CT molecular complexity index is 443. The van der Waals surface area contributed by atoms with Gasteiger partial charge in [-0.25, -0.2) is 0 Å². The van der Waals surface area contributed by atoms with Crippen LogP contribution in [-0.2, 0) is 7.05 Å². The third-order valence-corrected chi connectivity index (χ3v) is 2.67. The average molecular weight is 251 g/mol. The maximum Gasteiger partial charge on any atom is 0.0573 e. The van der Waals surface area contributed by atoms with Crippen LogP contribution in [0.25, 0.3) is 11.1 Å². The van der Waals surface area contributed by atoms with Gasteiger partial charge in [0.2, 0.25) is 0 Å². The molecule has 14 heavy (non-hydrogen) atoms. The average Bonchev–Trinajstić information content (AvgIpc) is 2.47. The molecule has 0 unspecified atom stereocenters. The van der Waals surface area contributed by atoms with E-state index >= 15 is 0 Å². The van der Waals surface area contributed by atoms with Crippen molar-refractivity contribution in [2.24, 2.45) is 7.05 Å². The molecule has 2 N–H and O–H groups in total. The van der Waals surface area contributed by atoms with Gasteiger partial charge in [-0.1, -0.05) is 28.1 Å². The zero-order chi connectivity index (χ0) is 10.1. The molecule has 0 saturated heterocycles. The van der Waals surface area contributed by atoms with Crippen molar-refractivity contribution in [3.05, 3.63) is 41.1 Å². The van der Waals surface area contributed by atoms with Crippen LogP contribution in [0.3, 0.4) is 0 Å². The Morgan fingerprint density at radius 2 is 1.79 bits per heavy atom. The van der Waals surface area contributed by atoms with Crippen LogP contribution in [0.15, 0.2) is 41.1 Å². The number of nitrogen functional groups attached to an aromatic ring is 1. The summed E-state index contributed by atoms with van der Waals surface area (Å²) in [6, 6.07) is 8.13. The van der Waals surface area contributed by atoms with Crippen LogP contribution in [0.2, 0.25) is 0 Å². The Balaban J connectivity index is 2.49. The molecule has 2 aromatic rings. The van der Waals surface area contributed by atoms with E-state index in [1.807, 2.05) is 36.1 Å². The largest absolute Gasteiger partial charge is 0.397 e.